The van der Waals surface area contributed by atoms with Crippen LogP contribution in [0.15, 0.2) is 10.7 Å². The van der Waals surface area contributed by atoms with Crippen molar-refractivity contribution < 1.29 is 17.9 Å². The van der Waals surface area contributed by atoms with Crippen LogP contribution in [-0.2, 0) is 6.18 Å². The summed E-state index contributed by atoms with van der Waals surface area (Å²) in [5, 5.41) is 0. The van der Waals surface area contributed by atoms with Crippen molar-refractivity contribution in [3.05, 3.63) is 16.4 Å². The number of aromatic nitrogens is 2. The van der Waals surface area contributed by atoms with Crippen LogP contribution in [-0.4, -0.2) is 17.1 Å². The summed E-state index contributed by atoms with van der Waals surface area (Å²) < 4.78 is 40.9. The van der Waals surface area contributed by atoms with E-state index in [2.05, 4.69) is 30.6 Å². The van der Waals surface area contributed by atoms with Crippen molar-refractivity contribution in [3.63, 3.8) is 0 Å². The van der Waals surface area contributed by atoms with Crippen molar-refractivity contribution >= 4 is 15.9 Å². The van der Waals surface area contributed by atoms with E-state index in [0.717, 1.165) is 6.07 Å². The predicted octanol–water partition coefficient (Wildman–Crippen LogP) is 2.27. The summed E-state index contributed by atoms with van der Waals surface area (Å²) in [4.78, 5) is 6.68. The Hall–Kier alpha value is -0.850. The van der Waals surface area contributed by atoms with E-state index in [0.29, 0.717) is 0 Å². The van der Waals surface area contributed by atoms with Gasteiger partial charge in [0, 0.05) is 6.07 Å². The summed E-state index contributed by atoms with van der Waals surface area (Å²) in [6, 6.07) is 0.462. The molecule has 0 saturated carbocycles. The lowest BCUT2D eigenvalue weighted by atomic mass is 10.4. The molecule has 0 atom stereocenters. The van der Waals surface area contributed by atoms with E-state index in [1.54, 1.807) is 0 Å². The summed E-state index contributed by atoms with van der Waals surface area (Å²) in [5.74, 6) is 0. The third kappa shape index (κ3) is 2.55. The van der Waals surface area contributed by atoms with Gasteiger partial charge in [0.25, 0.3) is 0 Å². The molecule has 0 unspecified atom stereocenters. The molecule has 0 saturated heterocycles. The average molecular weight is 257 g/mol. The van der Waals surface area contributed by atoms with Gasteiger partial charge >= 0.3 is 12.2 Å². The molecule has 7 heteroatoms. The molecule has 0 radical (unpaired) electrons. The molecular formula is C6H4BrF3N2O. The van der Waals surface area contributed by atoms with E-state index in [9.17, 15) is 13.2 Å². The van der Waals surface area contributed by atoms with E-state index in [4.69, 9.17) is 0 Å². The third-order valence-corrected chi connectivity index (χ3v) is 1.55. The second-order valence-corrected chi connectivity index (χ2v) is 2.87. The molecule has 0 aliphatic rings. The molecule has 0 bridgehead atoms. The van der Waals surface area contributed by atoms with Crippen molar-refractivity contribution in [3.8, 4) is 6.01 Å². The van der Waals surface area contributed by atoms with Gasteiger partial charge in [-0.05, 0) is 15.9 Å². The smallest absolute Gasteiger partial charge is 0.433 e. The van der Waals surface area contributed by atoms with Gasteiger partial charge in [-0.1, -0.05) is 0 Å². The van der Waals surface area contributed by atoms with E-state index >= 15 is 0 Å². The summed E-state index contributed by atoms with van der Waals surface area (Å²) >= 11 is 2.82. The topological polar surface area (TPSA) is 35.0 Å². The van der Waals surface area contributed by atoms with Crippen LogP contribution >= 0.6 is 15.9 Å². The lowest BCUT2D eigenvalue weighted by molar-refractivity contribution is -0.141. The second kappa shape index (κ2) is 3.49. The fraction of sp³-hybridized carbons (Fsp3) is 0.333. The highest BCUT2D eigenvalue weighted by Gasteiger charge is 2.33. The average Bonchev–Trinajstić information content (AvgIpc) is 2.01. The van der Waals surface area contributed by atoms with E-state index in [1.165, 1.54) is 7.11 Å². The first kappa shape index (κ1) is 10.2. The van der Waals surface area contributed by atoms with Crippen LogP contribution in [0.5, 0.6) is 6.01 Å². The highest BCUT2D eigenvalue weighted by atomic mass is 79.9. The maximum Gasteiger partial charge on any atom is 0.433 e. The van der Waals surface area contributed by atoms with Gasteiger partial charge in [-0.2, -0.15) is 23.1 Å². The van der Waals surface area contributed by atoms with Gasteiger partial charge in [0.15, 0.2) is 5.69 Å². The van der Waals surface area contributed by atoms with E-state index in [1.807, 2.05) is 0 Å². The molecule has 0 spiro atoms. The zero-order chi connectivity index (χ0) is 10.1. The number of rotatable bonds is 1. The lowest BCUT2D eigenvalue weighted by Gasteiger charge is -2.06. The van der Waals surface area contributed by atoms with Crippen LogP contribution in [0.3, 0.4) is 0 Å². The van der Waals surface area contributed by atoms with Crippen molar-refractivity contribution in [1.29, 1.82) is 0 Å². The number of alkyl halides is 3. The first-order valence-electron chi connectivity index (χ1n) is 3.09. The van der Waals surface area contributed by atoms with Crippen LogP contribution in [0, 0.1) is 0 Å². The molecule has 0 aliphatic carbocycles. The minimum Gasteiger partial charge on any atom is -0.467 e. The van der Waals surface area contributed by atoms with Gasteiger partial charge < -0.3 is 4.74 Å². The Morgan fingerprint density at radius 2 is 2.00 bits per heavy atom. The van der Waals surface area contributed by atoms with Gasteiger partial charge in [0.05, 0.1) is 7.11 Å². The molecule has 1 aromatic heterocycles. The lowest BCUT2D eigenvalue weighted by Crippen LogP contribution is -2.09. The van der Waals surface area contributed by atoms with Gasteiger partial charge in [-0.15, -0.1) is 0 Å². The van der Waals surface area contributed by atoms with Crippen molar-refractivity contribution in [2.75, 3.05) is 7.11 Å². The second-order valence-electron chi connectivity index (χ2n) is 2.06. The Labute approximate surface area is 80.1 Å². The summed E-state index contributed by atoms with van der Waals surface area (Å²) in [5.41, 5.74) is -1.04. The summed E-state index contributed by atoms with van der Waals surface area (Å²) in [6.07, 6.45) is -4.49. The maximum absolute atomic E-state index is 12.1. The molecule has 72 valence electrons. The summed E-state index contributed by atoms with van der Waals surface area (Å²) in [7, 11) is 1.20. The van der Waals surface area contributed by atoms with Crippen molar-refractivity contribution in [2.45, 2.75) is 6.18 Å². The van der Waals surface area contributed by atoms with Gasteiger partial charge in [0.2, 0.25) is 0 Å². The van der Waals surface area contributed by atoms with E-state index in [-0.39, 0.29) is 10.6 Å². The molecule has 1 rings (SSSR count). The Morgan fingerprint density at radius 3 is 2.46 bits per heavy atom. The molecule has 1 aromatic rings. The fourth-order valence-electron chi connectivity index (χ4n) is 0.633. The number of halogens is 4. The third-order valence-electron chi connectivity index (χ3n) is 1.15. The normalized spacial score (nSPS) is 11.5. The number of hydrogen-bond donors (Lipinski definition) is 0. The Kier molecular flexibility index (Phi) is 2.74. The maximum atomic E-state index is 12.1. The molecule has 13 heavy (non-hydrogen) atoms. The minimum absolute atomic E-state index is 0.0340. The van der Waals surface area contributed by atoms with Crippen LogP contribution < -0.4 is 4.74 Å². The molecule has 0 N–H and O–H groups in total. The first-order chi connectivity index (χ1) is 5.93. The quantitative estimate of drug-likeness (QED) is 0.724. The SMILES string of the molecule is COc1nc(Br)cc(C(F)(F)F)n1. The molecule has 0 aliphatic heterocycles. The zero-order valence-corrected chi connectivity index (χ0v) is 7.98. The number of methoxy groups -OCH3 is 1. The summed E-state index contributed by atoms with van der Waals surface area (Å²) in [6.45, 7) is 0. The fourth-order valence-corrected chi connectivity index (χ4v) is 1.00. The van der Waals surface area contributed by atoms with Gasteiger partial charge in [-0.25, -0.2) is 0 Å². The van der Waals surface area contributed by atoms with Crippen LogP contribution in [0.1, 0.15) is 5.69 Å². The van der Waals surface area contributed by atoms with Crippen molar-refractivity contribution in [2.24, 2.45) is 0 Å². The van der Waals surface area contributed by atoms with Gasteiger partial charge in [0.1, 0.15) is 4.60 Å². The predicted molar refractivity (Wildman–Crippen MR) is 41.3 cm³/mol. The molecule has 0 amide bonds. The van der Waals surface area contributed by atoms with Crippen LogP contribution in [0.25, 0.3) is 0 Å². The molecule has 0 fully saturated rings. The van der Waals surface area contributed by atoms with Crippen LogP contribution in [0.2, 0.25) is 0 Å². The molecule has 3 nitrogen and oxygen atoms in total. The molecule has 0 aromatic carbocycles. The highest BCUT2D eigenvalue weighted by Crippen LogP contribution is 2.29. The van der Waals surface area contributed by atoms with Crippen molar-refractivity contribution in [1.82, 2.24) is 9.97 Å². The first-order valence-corrected chi connectivity index (χ1v) is 3.88. The standard InChI is InChI=1S/C6H4BrF3N2O/c1-13-5-11-3(6(8,9)10)2-4(7)12-5/h2H,1H3. The number of ether oxygens (including phenoxy) is 1. The Morgan fingerprint density at radius 1 is 1.38 bits per heavy atom. The zero-order valence-electron chi connectivity index (χ0n) is 6.39. The monoisotopic (exact) mass is 256 g/mol. The highest BCUT2D eigenvalue weighted by molar-refractivity contribution is 9.10. The molecular weight excluding hydrogens is 253 g/mol. The largest absolute Gasteiger partial charge is 0.467 e. The number of hydrogen-bond acceptors (Lipinski definition) is 3. The van der Waals surface area contributed by atoms with E-state index < -0.39 is 11.9 Å². The molecule has 1 heterocycles. The Bertz CT molecular complexity index is 315. The number of nitrogens with zero attached hydrogens (tertiary/aromatic N) is 2. The Balaban J connectivity index is 3.16. The van der Waals surface area contributed by atoms with Crippen LogP contribution in [0.4, 0.5) is 13.2 Å². The minimum atomic E-state index is -4.49. The van der Waals surface area contributed by atoms with Gasteiger partial charge in [-0.3, -0.25) is 0 Å².